The summed E-state index contributed by atoms with van der Waals surface area (Å²) in [5, 5.41) is 0. The van der Waals surface area contributed by atoms with Crippen molar-refractivity contribution in [1.82, 2.24) is 0 Å². The van der Waals surface area contributed by atoms with Crippen molar-refractivity contribution in [3.63, 3.8) is 0 Å². The molecule has 1 unspecified atom stereocenters. The van der Waals surface area contributed by atoms with E-state index in [0.29, 0.717) is 0 Å². The van der Waals surface area contributed by atoms with Gasteiger partial charge in [-0.2, -0.15) is 0 Å². The molecule has 14 heavy (non-hydrogen) atoms. The maximum absolute atomic E-state index is 12.7. The van der Waals surface area contributed by atoms with Gasteiger partial charge in [-0.05, 0) is 20.8 Å². The number of alkyl halides is 3. The molecule has 0 amide bonds. The number of esters is 1. The highest BCUT2D eigenvalue weighted by Gasteiger charge is 2.22. The molecule has 0 saturated heterocycles. The van der Waals surface area contributed by atoms with Crippen molar-refractivity contribution in [2.45, 2.75) is 51.8 Å². The Hall–Kier alpha value is -0.740. The second kappa shape index (κ2) is 5.22. The third kappa shape index (κ3) is 7.89. The van der Waals surface area contributed by atoms with Gasteiger partial charge in [-0.15, -0.1) is 0 Å². The van der Waals surface area contributed by atoms with Crippen LogP contribution >= 0.6 is 0 Å². The average Bonchev–Trinajstić information content (AvgIpc) is 1.77. The molecule has 0 radical (unpaired) electrons. The maximum atomic E-state index is 12.7. The van der Waals surface area contributed by atoms with Crippen molar-refractivity contribution >= 4 is 5.97 Å². The molecular weight excluding hydrogens is 197 g/mol. The summed E-state index contributed by atoms with van der Waals surface area (Å²) in [6, 6.07) is 0. The number of rotatable bonds is 4. The van der Waals surface area contributed by atoms with Crippen molar-refractivity contribution in [3.8, 4) is 0 Å². The Labute approximate surface area is 81.4 Å². The minimum absolute atomic E-state index is 0.610. The number of hydrogen-bond donors (Lipinski definition) is 0. The molecule has 0 aromatic heterocycles. The molecule has 0 spiro atoms. The van der Waals surface area contributed by atoms with Crippen LogP contribution in [0.25, 0.3) is 0 Å². The standard InChI is InChI=1S/C9H15F3O2/c1-9(2,3)14-8(13)5-6(10)4-7(11)12/h6-7H,4-5H2,1-3H3. The largest absolute Gasteiger partial charge is 0.460 e. The molecule has 0 aliphatic heterocycles. The second-order valence-corrected chi connectivity index (χ2v) is 4.01. The van der Waals surface area contributed by atoms with Crippen LogP contribution in [0.2, 0.25) is 0 Å². The summed E-state index contributed by atoms with van der Waals surface area (Å²) in [6.45, 7) is 4.89. The first-order chi connectivity index (χ1) is 6.20. The summed E-state index contributed by atoms with van der Waals surface area (Å²) in [5.41, 5.74) is -0.707. The first kappa shape index (κ1) is 13.3. The minimum Gasteiger partial charge on any atom is -0.460 e. The summed E-state index contributed by atoms with van der Waals surface area (Å²) in [6.07, 6.45) is -6.08. The van der Waals surface area contributed by atoms with Gasteiger partial charge in [-0.3, -0.25) is 4.79 Å². The van der Waals surface area contributed by atoms with Crippen LogP contribution < -0.4 is 0 Å². The molecule has 0 aliphatic carbocycles. The van der Waals surface area contributed by atoms with Gasteiger partial charge < -0.3 is 4.74 Å². The number of halogens is 3. The smallest absolute Gasteiger partial charge is 0.309 e. The van der Waals surface area contributed by atoms with Crippen LogP contribution in [0.5, 0.6) is 0 Å². The van der Waals surface area contributed by atoms with Crippen molar-refractivity contribution in [2.75, 3.05) is 0 Å². The molecule has 1 atom stereocenters. The molecule has 2 nitrogen and oxygen atoms in total. The fraction of sp³-hybridized carbons (Fsp3) is 0.889. The molecule has 0 heterocycles. The highest BCUT2D eigenvalue weighted by molar-refractivity contribution is 5.70. The van der Waals surface area contributed by atoms with Crippen LogP contribution in [0.4, 0.5) is 13.2 Å². The average molecular weight is 212 g/mol. The van der Waals surface area contributed by atoms with E-state index in [1.165, 1.54) is 0 Å². The van der Waals surface area contributed by atoms with E-state index in [-0.39, 0.29) is 0 Å². The van der Waals surface area contributed by atoms with Crippen molar-refractivity contribution in [1.29, 1.82) is 0 Å². The quantitative estimate of drug-likeness (QED) is 0.670. The van der Waals surface area contributed by atoms with Crippen molar-refractivity contribution in [3.05, 3.63) is 0 Å². The van der Waals surface area contributed by atoms with Gasteiger partial charge in [-0.1, -0.05) is 0 Å². The molecule has 84 valence electrons. The number of carbonyl (C=O) groups is 1. The highest BCUT2D eigenvalue weighted by atomic mass is 19.3. The van der Waals surface area contributed by atoms with Gasteiger partial charge in [0.05, 0.1) is 6.42 Å². The number of carbonyl (C=O) groups excluding carboxylic acids is 1. The second-order valence-electron chi connectivity index (χ2n) is 4.01. The Bertz CT molecular complexity index is 187. The van der Waals surface area contributed by atoms with Gasteiger partial charge >= 0.3 is 5.97 Å². The summed E-state index contributed by atoms with van der Waals surface area (Å²) in [5.74, 6) is -0.786. The van der Waals surface area contributed by atoms with Crippen LogP contribution in [0.3, 0.4) is 0 Å². The van der Waals surface area contributed by atoms with Gasteiger partial charge in [-0.25, -0.2) is 13.2 Å². The lowest BCUT2D eigenvalue weighted by atomic mass is 10.2. The summed E-state index contributed by atoms with van der Waals surface area (Å²) < 4.78 is 40.8. The monoisotopic (exact) mass is 212 g/mol. The molecule has 0 aliphatic rings. The highest BCUT2D eigenvalue weighted by Crippen LogP contribution is 2.14. The normalized spacial score (nSPS) is 14.2. The zero-order valence-electron chi connectivity index (χ0n) is 8.52. The maximum Gasteiger partial charge on any atom is 0.309 e. The summed E-state index contributed by atoms with van der Waals surface area (Å²) in [4.78, 5) is 10.9. The first-order valence-electron chi connectivity index (χ1n) is 4.35. The van der Waals surface area contributed by atoms with Gasteiger partial charge in [0.15, 0.2) is 0 Å². The Morgan fingerprint density at radius 1 is 1.29 bits per heavy atom. The Kier molecular flexibility index (Phi) is 4.94. The molecule has 0 saturated carbocycles. The van der Waals surface area contributed by atoms with Crippen molar-refractivity contribution in [2.24, 2.45) is 0 Å². The number of ether oxygens (including phenoxy) is 1. The van der Waals surface area contributed by atoms with Crippen LogP contribution in [0.1, 0.15) is 33.6 Å². The minimum atomic E-state index is -2.73. The Morgan fingerprint density at radius 3 is 2.14 bits per heavy atom. The van der Waals surface area contributed by atoms with E-state index in [0.717, 1.165) is 0 Å². The van der Waals surface area contributed by atoms with Crippen LogP contribution in [0, 0.1) is 0 Å². The van der Waals surface area contributed by atoms with E-state index in [9.17, 15) is 18.0 Å². The molecule has 0 bridgehead atoms. The SMILES string of the molecule is CC(C)(C)OC(=O)CC(F)CC(F)F. The summed E-state index contributed by atoms with van der Waals surface area (Å²) >= 11 is 0. The zero-order valence-corrected chi connectivity index (χ0v) is 8.52. The molecular formula is C9H15F3O2. The van der Waals surface area contributed by atoms with E-state index < -0.39 is 37.0 Å². The lowest BCUT2D eigenvalue weighted by Crippen LogP contribution is -2.26. The molecule has 0 rings (SSSR count). The Balaban J connectivity index is 3.83. The third-order valence-corrected chi connectivity index (χ3v) is 1.24. The van der Waals surface area contributed by atoms with Crippen LogP contribution in [-0.2, 0) is 9.53 Å². The van der Waals surface area contributed by atoms with E-state index >= 15 is 0 Å². The van der Waals surface area contributed by atoms with Gasteiger partial charge in [0.25, 0.3) is 0 Å². The predicted octanol–water partition coefficient (Wildman–Crippen LogP) is 2.71. The molecule has 0 aromatic rings. The van der Waals surface area contributed by atoms with Crippen LogP contribution in [0.15, 0.2) is 0 Å². The van der Waals surface area contributed by atoms with E-state index in [4.69, 9.17) is 4.74 Å². The lowest BCUT2D eigenvalue weighted by Gasteiger charge is -2.20. The molecule has 0 N–H and O–H groups in total. The van der Waals surface area contributed by atoms with E-state index in [1.807, 2.05) is 0 Å². The molecule has 0 aromatic carbocycles. The van der Waals surface area contributed by atoms with Gasteiger partial charge in [0, 0.05) is 6.42 Å². The van der Waals surface area contributed by atoms with E-state index in [1.54, 1.807) is 20.8 Å². The molecule has 0 fully saturated rings. The predicted molar refractivity (Wildman–Crippen MR) is 46.0 cm³/mol. The first-order valence-corrected chi connectivity index (χ1v) is 4.35. The third-order valence-electron chi connectivity index (χ3n) is 1.24. The van der Waals surface area contributed by atoms with Crippen LogP contribution in [-0.4, -0.2) is 24.2 Å². The molecule has 5 heteroatoms. The van der Waals surface area contributed by atoms with Gasteiger partial charge in [0.2, 0.25) is 6.43 Å². The lowest BCUT2D eigenvalue weighted by molar-refractivity contribution is -0.156. The fourth-order valence-electron chi connectivity index (χ4n) is 0.841. The fourth-order valence-corrected chi connectivity index (χ4v) is 0.841. The summed E-state index contributed by atoms with van der Waals surface area (Å²) in [7, 11) is 0. The van der Waals surface area contributed by atoms with Gasteiger partial charge in [0.1, 0.15) is 11.8 Å². The topological polar surface area (TPSA) is 26.3 Å². The van der Waals surface area contributed by atoms with E-state index in [2.05, 4.69) is 0 Å². The van der Waals surface area contributed by atoms with Crippen molar-refractivity contribution < 1.29 is 22.7 Å². The zero-order chi connectivity index (χ0) is 11.4. The number of hydrogen-bond acceptors (Lipinski definition) is 2. The Morgan fingerprint density at radius 2 is 1.79 bits per heavy atom.